The summed E-state index contributed by atoms with van der Waals surface area (Å²) in [6, 6.07) is 17.1. The molecule has 2 aromatic carbocycles. The van der Waals surface area contributed by atoms with Crippen molar-refractivity contribution in [1.29, 1.82) is 0 Å². The number of benzene rings is 2. The highest BCUT2D eigenvalue weighted by Gasteiger charge is 2.45. The molecule has 0 saturated carbocycles. The first-order chi connectivity index (χ1) is 10.2. The summed E-state index contributed by atoms with van der Waals surface area (Å²) in [6.07, 6.45) is 1.51. The van der Waals surface area contributed by atoms with Crippen molar-refractivity contribution in [2.45, 2.75) is 18.6 Å². The average Bonchev–Trinajstić information content (AvgIpc) is 2.54. The molecule has 2 amide bonds. The first kappa shape index (κ1) is 13.6. The van der Waals surface area contributed by atoms with Crippen LogP contribution in [0.3, 0.4) is 0 Å². The molecule has 2 N–H and O–H groups in total. The van der Waals surface area contributed by atoms with Crippen LogP contribution >= 0.6 is 0 Å². The first-order valence-electron chi connectivity index (χ1n) is 6.97. The van der Waals surface area contributed by atoms with Crippen LogP contribution in [0.5, 0.6) is 0 Å². The summed E-state index contributed by atoms with van der Waals surface area (Å²) in [4.78, 5) is 13.7. The van der Waals surface area contributed by atoms with Crippen LogP contribution in [0.25, 0.3) is 0 Å². The SMILES string of the molecule is CO[C@@]1(c2ccccc2)CCc2ccccc2N1C(N)=O. The molecule has 0 aliphatic carbocycles. The van der Waals surface area contributed by atoms with Gasteiger partial charge in [0.2, 0.25) is 0 Å². The van der Waals surface area contributed by atoms with E-state index in [1.54, 1.807) is 12.0 Å². The lowest BCUT2D eigenvalue weighted by Gasteiger charge is -2.46. The van der Waals surface area contributed by atoms with E-state index >= 15 is 0 Å². The number of methoxy groups -OCH3 is 1. The highest BCUT2D eigenvalue weighted by atomic mass is 16.5. The van der Waals surface area contributed by atoms with Gasteiger partial charge in [-0.25, -0.2) is 4.79 Å². The number of rotatable bonds is 2. The van der Waals surface area contributed by atoms with Gasteiger partial charge in [-0.2, -0.15) is 0 Å². The average molecular weight is 282 g/mol. The van der Waals surface area contributed by atoms with Crippen molar-refractivity contribution in [3.05, 3.63) is 65.7 Å². The number of hydrogen-bond acceptors (Lipinski definition) is 2. The molecule has 108 valence electrons. The number of hydrogen-bond donors (Lipinski definition) is 1. The maximum Gasteiger partial charge on any atom is 0.321 e. The maximum atomic E-state index is 12.1. The number of para-hydroxylation sites is 1. The van der Waals surface area contributed by atoms with E-state index in [2.05, 4.69) is 0 Å². The van der Waals surface area contributed by atoms with Crippen LogP contribution in [-0.4, -0.2) is 13.1 Å². The topological polar surface area (TPSA) is 55.6 Å². The standard InChI is InChI=1S/C17H18N2O2/c1-21-17(14-8-3-2-4-9-14)12-11-13-7-5-6-10-15(13)19(17)16(18)20/h2-10H,11-12H2,1H3,(H2,18,20)/t17-/m1/s1. The Morgan fingerprint density at radius 3 is 2.48 bits per heavy atom. The van der Waals surface area contributed by atoms with E-state index in [1.807, 2.05) is 54.6 Å². The summed E-state index contributed by atoms with van der Waals surface area (Å²) in [5.41, 5.74) is 7.70. The number of primary amides is 1. The molecule has 1 aliphatic heterocycles. The van der Waals surface area contributed by atoms with E-state index in [4.69, 9.17) is 10.5 Å². The molecule has 1 aliphatic rings. The maximum absolute atomic E-state index is 12.1. The van der Waals surface area contributed by atoms with Gasteiger partial charge >= 0.3 is 6.03 Å². The van der Waals surface area contributed by atoms with Crippen molar-refractivity contribution in [1.82, 2.24) is 0 Å². The molecule has 1 atom stereocenters. The van der Waals surface area contributed by atoms with Crippen LogP contribution in [0.2, 0.25) is 0 Å². The summed E-state index contributed by atoms with van der Waals surface area (Å²) in [6.45, 7) is 0. The number of carbonyl (C=O) groups excluding carboxylic acids is 1. The molecule has 0 fully saturated rings. The van der Waals surface area contributed by atoms with Crippen LogP contribution < -0.4 is 10.6 Å². The zero-order valence-electron chi connectivity index (χ0n) is 12.0. The van der Waals surface area contributed by atoms with E-state index in [9.17, 15) is 4.79 Å². The zero-order chi connectivity index (χ0) is 14.9. The number of anilines is 1. The van der Waals surface area contributed by atoms with E-state index in [1.165, 1.54) is 0 Å². The van der Waals surface area contributed by atoms with Gasteiger partial charge in [0.1, 0.15) is 0 Å². The van der Waals surface area contributed by atoms with Gasteiger partial charge < -0.3 is 10.5 Å². The fraction of sp³-hybridized carbons (Fsp3) is 0.235. The molecule has 0 saturated heterocycles. The molecule has 1 heterocycles. The van der Waals surface area contributed by atoms with Crippen LogP contribution in [0, 0.1) is 0 Å². The summed E-state index contributed by atoms with van der Waals surface area (Å²) in [7, 11) is 1.62. The Morgan fingerprint density at radius 1 is 1.14 bits per heavy atom. The van der Waals surface area contributed by atoms with Gasteiger partial charge in [-0.05, 0) is 18.1 Å². The number of carbonyl (C=O) groups is 1. The number of ether oxygens (including phenoxy) is 1. The Balaban J connectivity index is 2.20. The van der Waals surface area contributed by atoms with Crippen molar-refractivity contribution in [2.24, 2.45) is 5.73 Å². The van der Waals surface area contributed by atoms with Crippen LogP contribution in [-0.2, 0) is 16.9 Å². The smallest absolute Gasteiger partial charge is 0.321 e. The number of fused-ring (bicyclic) bond motifs is 1. The second-order valence-electron chi connectivity index (χ2n) is 5.16. The van der Waals surface area contributed by atoms with Gasteiger partial charge in [0.25, 0.3) is 0 Å². The minimum Gasteiger partial charge on any atom is -0.354 e. The Labute approximate surface area is 124 Å². The first-order valence-corrected chi connectivity index (χ1v) is 6.97. The normalized spacial score (nSPS) is 20.9. The lowest BCUT2D eigenvalue weighted by molar-refractivity contribution is -0.0209. The third-order valence-electron chi connectivity index (χ3n) is 4.11. The molecule has 0 radical (unpaired) electrons. The third kappa shape index (κ3) is 2.08. The second-order valence-corrected chi connectivity index (χ2v) is 5.16. The molecule has 0 aromatic heterocycles. The van der Waals surface area contributed by atoms with E-state index in [0.717, 1.165) is 23.2 Å². The number of amides is 2. The Kier molecular flexibility index (Phi) is 3.39. The van der Waals surface area contributed by atoms with Gasteiger partial charge in [-0.1, -0.05) is 48.5 Å². The molecule has 3 rings (SSSR count). The summed E-state index contributed by atoms with van der Waals surface area (Å²) >= 11 is 0. The van der Waals surface area contributed by atoms with E-state index < -0.39 is 11.8 Å². The second kappa shape index (κ2) is 5.22. The summed E-state index contributed by atoms with van der Waals surface area (Å²) < 4.78 is 5.82. The zero-order valence-corrected chi connectivity index (χ0v) is 12.0. The largest absolute Gasteiger partial charge is 0.354 e. The van der Waals surface area contributed by atoms with Crippen LogP contribution in [0.15, 0.2) is 54.6 Å². The van der Waals surface area contributed by atoms with Gasteiger partial charge in [0.15, 0.2) is 5.72 Å². The van der Waals surface area contributed by atoms with Gasteiger partial charge in [-0.15, -0.1) is 0 Å². The molecule has 0 bridgehead atoms. The van der Waals surface area contributed by atoms with Crippen molar-refractivity contribution in [3.63, 3.8) is 0 Å². The fourth-order valence-corrected chi connectivity index (χ4v) is 3.13. The predicted octanol–water partition coefficient (Wildman–Crippen LogP) is 3.02. The molecule has 4 heteroatoms. The minimum absolute atomic E-state index is 0.507. The monoisotopic (exact) mass is 282 g/mol. The quantitative estimate of drug-likeness (QED) is 0.920. The highest BCUT2D eigenvalue weighted by molar-refractivity contribution is 5.93. The Bertz CT molecular complexity index is 657. The van der Waals surface area contributed by atoms with Crippen molar-refractivity contribution >= 4 is 11.7 Å². The summed E-state index contributed by atoms with van der Waals surface area (Å²) in [5, 5.41) is 0. The van der Waals surface area contributed by atoms with Gasteiger partial charge in [0.05, 0.1) is 5.69 Å². The highest BCUT2D eigenvalue weighted by Crippen LogP contribution is 2.43. The lowest BCUT2D eigenvalue weighted by atomic mass is 9.88. The molecule has 21 heavy (non-hydrogen) atoms. The Morgan fingerprint density at radius 2 is 1.81 bits per heavy atom. The Hall–Kier alpha value is -2.33. The molecule has 4 nitrogen and oxygen atoms in total. The number of nitrogens with zero attached hydrogens (tertiary/aromatic N) is 1. The summed E-state index contributed by atoms with van der Waals surface area (Å²) in [5.74, 6) is 0. The van der Waals surface area contributed by atoms with Gasteiger partial charge in [-0.3, -0.25) is 4.90 Å². The predicted molar refractivity (Wildman–Crippen MR) is 82.0 cm³/mol. The van der Waals surface area contributed by atoms with Crippen LogP contribution in [0.4, 0.5) is 10.5 Å². The van der Waals surface area contributed by atoms with Crippen molar-refractivity contribution < 1.29 is 9.53 Å². The lowest BCUT2D eigenvalue weighted by Crippen LogP contribution is -2.55. The number of aryl methyl sites for hydroxylation is 1. The number of urea groups is 1. The molecular formula is C17H18N2O2. The molecular weight excluding hydrogens is 264 g/mol. The minimum atomic E-state index is -0.846. The van der Waals surface area contributed by atoms with Crippen LogP contribution in [0.1, 0.15) is 17.5 Å². The van der Waals surface area contributed by atoms with Gasteiger partial charge in [0, 0.05) is 19.1 Å². The molecule has 0 spiro atoms. The fourth-order valence-electron chi connectivity index (χ4n) is 3.13. The number of nitrogens with two attached hydrogens (primary N) is 1. The van der Waals surface area contributed by atoms with E-state index in [-0.39, 0.29) is 0 Å². The van der Waals surface area contributed by atoms with Crippen molar-refractivity contribution in [3.8, 4) is 0 Å². The molecule has 2 aromatic rings. The van der Waals surface area contributed by atoms with E-state index in [0.29, 0.717) is 6.42 Å². The third-order valence-corrected chi connectivity index (χ3v) is 4.11. The van der Waals surface area contributed by atoms with Crippen molar-refractivity contribution in [2.75, 3.05) is 12.0 Å². The molecule has 0 unspecified atom stereocenters.